The van der Waals surface area contributed by atoms with E-state index in [1.807, 2.05) is 0 Å². The second-order valence-corrected chi connectivity index (χ2v) is 4.86. The molecule has 2 N–H and O–H groups in total. The first-order valence-corrected chi connectivity index (χ1v) is 6.43. The van der Waals surface area contributed by atoms with Crippen LogP contribution >= 0.6 is 0 Å². The van der Waals surface area contributed by atoms with Gasteiger partial charge in [-0.15, -0.1) is 0 Å². The Hall–Kier alpha value is -1.73. The summed E-state index contributed by atoms with van der Waals surface area (Å²) in [5, 5.41) is 8.81. The zero-order valence-electron chi connectivity index (χ0n) is 11.6. The summed E-state index contributed by atoms with van der Waals surface area (Å²) in [5.41, 5.74) is -0.476. The number of carboxylic acids is 1. The van der Waals surface area contributed by atoms with Crippen molar-refractivity contribution in [3.05, 3.63) is 27.4 Å². The van der Waals surface area contributed by atoms with Crippen molar-refractivity contribution in [3.63, 3.8) is 0 Å². The van der Waals surface area contributed by atoms with Crippen molar-refractivity contribution in [1.29, 1.82) is 0 Å². The van der Waals surface area contributed by atoms with Gasteiger partial charge in [0.05, 0.1) is 6.42 Å². The highest BCUT2D eigenvalue weighted by molar-refractivity contribution is 5.70. The Kier molecular flexibility index (Phi) is 4.20. The molecule has 1 aliphatic rings. The maximum Gasteiger partial charge on any atom is 0.308 e. The predicted octanol–water partition coefficient (Wildman–Crippen LogP) is 0.358. The molecule has 0 radical (unpaired) electrons. The summed E-state index contributed by atoms with van der Waals surface area (Å²) < 4.78 is 10.9. The minimum atomic E-state index is -1.05. The summed E-state index contributed by atoms with van der Waals surface area (Å²) >= 11 is 0. The maximum atomic E-state index is 12.1. The van der Waals surface area contributed by atoms with Gasteiger partial charge < -0.3 is 19.6 Å². The van der Waals surface area contributed by atoms with Crippen molar-refractivity contribution in [1.82, 2.24) is 9.97 Å². The molecule has 0 spiro atoms. The summed E-state index contributed by atoms with van der Waals surface area (Å²) in [4.78, 5) is 29.8. The monoisotopic (exact) mass is 282 g/mol. The van der Waals surface area contributed by atoms with E-state index in [2.05, 4.69) is 9.97 Å². The summed E-state index contributed by atoms with van der Waals surface area (Å²) in [6.45, 7) is 2.71. The van der Waals surface area contributed by atoms with Crippen LogP contribution in [0.25, 0.3) is 0 Å². The topological polar surface area (TPSA) is 102 Å². The zero-order chi connectivity index (χ0) is 14.8. The fourth-order valence-electron chi connectivity index (χ4n) is 2.42. The quantitative estimate of drug-likeness (QED) is 0.826. The number of aromatic amines is 1. The smallest absolute Gasteiger partial charge is 0.308 e. The van der Waals surface area contributed by atoms with Gasteiger partial charge in [-0.3, -0.25) is 9.59 Å². The molecule has 1 aliphatic heterocycles. The van der Waals surface area contributed by atoms with Crippen molar-refractivity contribution in [2.75, 3.05) is 20.3 Å². The Morgan fingerprint density at radius 1 is 1.50 bits per heavy atom. The SMILES string of the molecule is COC1(c2nc(C)c(CC(=O)O)c(=O)[nH]2)CCOCC1. The molecule has 7 heteroatoms. The van der Waals surface area contributed by atoms with Crippen molar-refractivity contribution < 1.29 is 19.4 Å². The molecule has 1 aromatic rings. The third-order valence-electron chi connectivity index (χ3n) is 3.67. The molecule has 2 rings (SSSR count). The number of hydrogen-bond acceptors (Lipinski definition) is 5. The standard InChI is InChI=1S/C13H18N2O5/c1-8-9(7-10(16)17)11(18)15-12(14-8)13(19-2)3-5-20-6-4-13/h3-7H2,1-2H3,(H,16,17)(H,14,15,18). The van der Waals surface area contributed by atoms with E-state index >= 15 is 0 Å². The lowest BCUT2D eigenvalue weighted by Gasteiger charge is -2.34. The van der Waals surface area contributed by atoms with Gasteiger partial charge in [-0.1, -0.05) is 0 Å². The number of rotatable bonds is 4. The number of nitrogens with one attached hydrogen (secondary N) is 1. The van der Waals surface area contributed by atoms with Gasteiger partial charge in [-0.2, -0.15) is 0 Å². The molecule has 20 heavy (non-hydrogen) atoms. The number of H-pyrrole nitrogens is 1. The highest BCUT2D eigenvalue weighted by Crippen LogP contribution is 2.32. The van der Waals surface area contributed by atoms with E-state index in [0.29, 0.717) is 37.6 Å². The molecule has 0 aromatic carbocycles. The van der Waals surface area contributed by atoms with Gasteiger partial charge in [0, 0.05) is 44.4 Å². The van der Waals surface area contributed by atoms with Gasteiger partial charge >= 0.3 is 5.97 Å². The highest BCUT2D eigenvalue weighted by Gasteiger charge is 2.37. The zero-order valence-corrected chi connectivity index (χ0v) is 11.6. The molecule has 0 saturated carbocycles. The first kappa shape index (κ1) is 14.7. The molecule has 110 valence electrons. The van der Waals surface area contributed by atoms with Crippen LogP contribution in [0.5, 0.6) is 0 Å². The largest absolute Gasteiger partial charge is 0.481 e. The third-order valence-corrected chi connectivity index (χ3v) is 3.67. The molecule has 0 bridgehead atoms. The minimum absolute atomic E-state index is 0.180. The average molecular weight is 282 g/mol. The van der Waals surface area contributed by atoms with E-state index in [0.717, 1.165) is 0 Å². The summed E-state index contributed by atoms with van der Waals surface area (Å²) in [5.74, 6) is -0.611. The van der Waals surface area contributed by atoms with E-state index in [1.54, 1.807) is 14.0 Å². The van der Waals surface area contributed by atoms with Crippen molar-refractivity contribution in [3.8, 4) is 0 Å². The lowest BCUT2D eigenvalue weighted by atomic mass is 9.92. The second kappa shape index (κ2) is 5.72. The van der Waals surface area contributed by atoms with Gasteiger partial charge in [0.15, 0.2) is 0 Å². The number of nitrogens with zero attached hydrogens (tertiary/aromatic N) is 1. The summed E-state index contributed by atoms with van der Waals surface area (Å²) in [6.07, 6.45) is 0.867. The highest BCUT2D eigenvalue weighted by atomic mass is 16.5. The number of hydrogen-bond donors (Lipinski definition) is 2. The van der Waals surface area contributed by atoms with Crippen LogP contribution in [-0.2, 0) is 26.3 Å². The molecule has 1 aromatic heterocycles. The molecule has 1 fully saturated rings. The van der Waals surface area contributed by atoms with Crippen LogP contribution in [0.4, 0.5) is 0 Å². The van der Waals surface area contributed by atoms with E-state index in [1.165, 1.54) is 0 Å². The molecule has 0 amide bonds. The molecular formula is C13H18N2O5. The maximum absolute atomic E-state index is 12.1. The van der Waals surface area contributed by atoms with E-state index < -0.39 is 17.1 Å². The Bertz CT molecular complexity index is 560. The molecular weight excluding hydrogens is 264 g/mol. The Morgan fingerprint density at radius 2 is 2.15 bits per heavy atom. The number of carbonyl (C=O) groups is 1. The Morgan fingerprint density at radius 3 is 2.65 bits per heavy atom. The minimum Gasteiger partial charge on any atom is -0.481 e. The van der Waals surface area contributed by atoms with Gasteiger partial charge in [0.1, 0.15) is 11.4 Å². The van der Waals surface area contributed by atoms with Crippen molar-refractivity contribution >= 4 is 5.97 Å². The van der Waals surface area contributed by atoms with Gasteiger partial charge in [0.2, 0.25) is 0 Å². The van der Waals surface area contributed by atoms with Crippen LogP contribution in [0.3, 0.4) is 0 Å². The van der Waals surface area contributed by atoms with Crippen LogP contribution in [0.15, 0.2) is 4.79 Å². The van der Waals surface area contributed by atoms with Gasteiger partial charge in [-0.05, 0) is 6.92 Å². The molecule has 0 atom stereocenters. The predicted molar refractivity (Wildman–Crippen MR) is 69.7 cm³/mol. The number of methoxy groups -OCH3 is 1. The lowest BCUT2D eigenvalue weighted by molar-refractivity contribution is -0.136. The molecule has 1 saturated heterocycles. The number of aliphatic carboxylic acids is 1. The van der Waals surface area contributed by atoms with Crippen molar-refractivity contribution in [2.45, 2.75) is 31.8 Å². The fourth-order valence-corrected chi connectivity index (χ4v) is 2.42. The number of aryl methyl sites for hydroxylation is 1. The van der Waals surface area contributed by atoms with Gasteiger partial charge in [0.25, 0.3) is 5.56 Å². The molecule has 0 aliphatic carbocycles. The van der Waals surface area contributed by atoms with Crippen molar-refractivity contribution in [2.24, 2.45) is 0 Å². The lowest BCUT2D eigenvalue weighted by Crippen LogP contribution is -2.39. The number of carboxylic acid groups (broad SMARTS) is 1. The second-order valence-electron chi connectivity index (χ2n) is 4.86. The van der Waals surface area contributed by atoms with Crippen LogP contribution < -0.4 is 5.56 Å². The van der Waals surface area contributed by atoms with Gasteiger partial charge in [-0.25, -0.2) is 4.98 Å². The Balaban J connectivity index is 2.43. The fraction of sp³-hybridized carbons (Fsp3) is 0.615. The Labute approximate surface area is 115 Å². The molecule has 0 unspecified atom stereocenters. The first-order valence-electron chi connectivity index (χ1n) is 6.43. The van der Waals surface area contributed by atoms with Crippen LogP contribution in [0.1, 0.15) is 29.9 Å². The number of ether oxygens (including phenoxy) is 2. The molecule has 2 heterocycles. The normalized spacial score (nSPS) is 17.9. The van der Waals surface area contributed by atoms with Crippen LogP contribution in [0, 0.1) is 6.92 Å². The van der Waals surface area contributed by atoms with Crippen LogP contribution in [-0.4, -0.2) is 41.4 Å². The summed E-state index contributed by atoms with van der Waals surface area (Å²) in [6, 6.07) is 0. The first-order chi connectivity index (χ1) is 9.48. The average Bonchev–Trinajstić information content (AvgIpc) is 2.43. The van der Waals surface area contributed by atoms with E-state index in [4.69, 9.17) is 14.6 Å². The van der Waals surface area contributed by atoms with Crippen LogP contribution in [0.2, 0.25) is 0 Å². The number of aromatic nitrogens is 2. The molecule has 7 nitrogen and oxygen atoms in total. The third kappa shape index (κ3) is 2.73. The van der Waals surface area contributed by atoms with E-state index in [-0.39, 0.29) is 12.0 Å². The van der Waals surface area contributed by atoms with E-state index in [9.17, 15) is 9.59 Å². The summed E-state index contributed by atoms with van der Waals surface area (Å²) in [7, 11) is 1.58.